The van der Waals surface area contributed by atoms with Crippen LogP contribution in [-0.2, 0) is 9.59 Å². The SMILES string of the molecule is CC(C)SCC[C@@H](N)C(O)C(=O)NNC(=O)C1=CC=CC(C)C1=S. The van der Waals surface area contributed by atoms with Crippen LogP contribution < -0.4 is 16.6 Å². The molecule has 3 atom stereocenters. The Morgan fingerprint density at radius 3 is 2.71 bits per heavy atom. The first kappa shape index (κ1) is 20.8. The van der Waals surface area contributed by atoms with Gasteiger partial charge in [-0.1, -0.05) is 45.1 Å². The van der Waals surface area contributed by atoms with Gasteiger partial charge in [-0.15, -0.1) is 0 Å². The van der Waals surface area contributed by atoms with Crippen LogP contribution in [0, 0.1) is 5.92 Å². The van der Waals surface area contributed by atoms with Crippen molar-refractivity contribution in [3.63, 3.8) is 0 Å². The van der Waals surface area contributed by atoms with Crippen LogP contribution in [0.2, 0.25) is 0 Å². The molecular formula is C16H25N3O3S2. The van der Waals surface area contributed by atoms with Crippen molar-refractivity contribution in [1.29, 1.82) is 0 Å². The van der Waals surface area contributed by atoms with Crippen LogP contribution in [0.4, 0.5) is 0 Å². The minimum atomic E-state index is -1.39. The number of carbonyl (C=O) groups excluding carboxylic acids is 2. The number of thioether (sulfide) groups is 1. The molecule has 0 fully saturated rings. The number of nitrogens with two attached hydrogens (primary N) is 1. The molecule has 134 valence electrons. The summed E-state index contributed by atoms with van der Waals surface area (Å²) in [6.45, 7) is 6.01. The minimum Gasteiger partial charge on any atom is -0.382 e. The molecule has 1 aliphatic rings. The first-order valence-electron chi connectivity index (χ1n) is 7.82. The molecule has 0 aliphatic heterocycles. The number of hydrogen-bond acceptors (Lipinski definition) is 6. The summed E-state index contributed by atoms with van der Waals surface area (Å²) in [4.78, 5) is 24.5. The lowest BCUT2D eigenvalue weighted by Gasteiger charge is -2.20. The number of hydrazine groups is 1. The number of rotatable bonds is 7. The molecule has 1 aliphatic carbocycles. The Balaban J connectivity index is 2.44. The first-order valence-corrected chi connectivity index (χ1v) is 9.27. The summed E-state index contributed by atoms with van der Waals surface area (Å²) in [5, 5.41) is 10.4. The van der Waals surface area contributed by atoms with Crippen LogP contribution in [0.25, 0.3) is 0 Å². The van der Waals surface area contributed by atoms with Gasteiger partial charge in [-0.2, -0.15) is 11.8 Å². The Morgan fingerprint density at radius 1 is 1.42 bits per heavy atom. The van der Waals surface area contributed by atoms with Gasteiger partial charge in [-0.3, -0.25) is 20.4 Å². The van der Waals surface area contributed by atoms with Gasteiger partial charge in [-0.25, -0.2) is 0 Å². The number of allylic oxidation sites excluding steroid dienone is 3. The van der Waals surface area contributed by atoms with Gasteiger partial charge in [0.25, 0.3) is 11.8 Å². The number of aliphatic hydroxyl groups is 1. The zero-order valence-corrected chi connectivity index (χ0v) is 15.7. The predicted octanol–water partition coefficient (Wildman–Crippen LogP) is 0.856. The summed E-state index contributed by atoms with van der Waals surface area (Å²) >= 11 is 6.91. The van der Waals surface area contributed by atoms with E-state index in [0.717, 1.165) is 5.75 Å². The molecule has 0 aromatic carbocycles. The Kier molecular flexibility index (Phi) is 8.61. The first-order chi connectivity index (χ1) is 11.2. The van der Waals surface area contributed by atoms with Crippen LogP contribution in [0.15, 0.2) is 23.8 Å². The maximum absolute atomic E-state index is 12.1. The molecule has 24 heavy (non-hydrogen) atoms. The van der Waals surface area contributed by atoms with E-state index in [1.54, 1.807) is 23.9 Å². The molecule has 6 nitrogen and oxygen atoms in total. The number of nitrogens with one attached hydrogen (secondary N) is 2. The normalized spacial score (nSPS) is 19.7. The van der Waals surface area contributed by atoms with E-state index in [0.29, 0.717) is 22.1 Å². The Labute approximate surface area is 152 Å². The van der Waals surface area contributed by atoms with E-state index in [-0.39, 0.29) is 5.92 Å². The lowest BCUT2D eigenvalue weighted by atomic mass is 9.95. The summed E-state index contributed by atoms with van der Waals surface area (Å²) in [7, 11) is 0. The third-order valence-electron chi connectivity index (χ3n) is 3.46. The van der Waals surface area contributed by atoms with Crippen LogP contribution in [0.1, 0.15) is 27.2 Å². The minimum absolute atomic E-state index is 0.0149. The summed E-state index contributed by atoms with van der Waals surface area (Å²) < 4.78 is 0. The van der Waals surface area contributed by atoms with Gasteiger partial charge in [0.1, 0.15) is 6.10 Å². The highest BCUT2D eigenvalue weighted by molar-refractivity contribution is 7.99. The molecule has 2 amide bonds. The maximum Gasteiger partial charge on any atom is 0.270 e. The standard InChI is InChI=1S/C16H25N3O3S2/c1-9(2)24-8-7-12(17)13(20)16(22)19-18-15(21)11-6-4-5-10(3)14(11)23/h4-6,9-10,12-13,20H,7-8,17H2,1-3H3,(H,18,21)(H,19,22)/t10?,12-,13?/m1/s1. The van der Waals surface area contributed by atoms with E-state index >= 15 is 0 Å². The molecule has 0 spiro atoms. The summed E-state index contributed by atoms with van der Waals surface area (Å²) in [5.74, 6) is -0.517. The van der Waals surface area contributed by atoms with Gasteiger partial charge < -0.3 is 10.8 Å². The lowest BCUT2D eigenvalue weighted by Crippen LogP contribution is -2.52. The molecule has 0 aromatic rings. The third-order valence-corrected chi connectivity index (χ3v) is 5.19. The number of amides is 2. The van der Waals surface area contributed by atoms with Crippen molar-refractivity contribution < 1.29 is 14.7 Å². The number of hydrogen-bond donors (Lipinski definition) is 4. The summed E-state index contributed by atoms with van der Waals surface area (Å²) in [6.07, 6.45) is 4.34. The van der Waals surface area contributed by atoms with Crippen LogP contribution in [0.3, 0.4) is 0 Å². The lowest BCUT2D eigenvalue weighted by molar-refractivity contribution is -0.134. The van der Waals surface area contributed by atoms with E-state index in [2.05, 4.69) is 24.7 Å². The molecule has 0 saturated carbocycles. The van der Waals surface area contributed by atoms with E-state index < -0.39 is 24.0 Å². The van der Waals surface area contributed by atoms with Crippen LogP contribution in [-0.4, -0.2) is 44.9 Å². The maximum atomic E-state index is 12.1. The van der Waals surface area contributed by atoms with Gasteiger partial charge in [0.15, 0.2) is 0 Å². The third kappa shape index (κ3) is 6.35. The van der Waals surface area contributed by atoms with Gasteiger partial charge in [0, 0.05) is 16.8 Å². The molecule has 5 N–H and O–H groups in total. The Morgan fingerprint density at radius 2 is 2.08 bits per heavy atom. The van der Waals surface area contributed by atoms with Crippen molar-refractivity contribution in [2.45, 2.75) is 44.6 Å². The molecule has 8 heteroatoms. The predicted molar refractivity (Wildman–Crippen MR) is 101 cm³/mol. The van der Waals surface area contributed by atoms with Crippen molar-refractivity contribution in [2.75, 3.05) is 5.75 Å². The van der Waals surface area contributed by atoms with Crippen molar-refractivity contribution in [1.82, 2.24) is 10.9 Å². The molecule has 0 bridgehead atoms. The number of aliphatic hydroxyl groups excluding tert-OH is 1. The second kappa shape index (κ2) is 9.93. The highest BCUT2D eigenvalue weighted by Crippen LogP contribution is 2.16. The van der Waals surface area contributed by atoms with Gasteiger partial charge in [-0.05, 0) is 23.5 Å². The zero-order chi connectivity index (χ0) is 18.3. The number of carbonyl (C=O) groups is 2. The quantitative estimate of drug-likeness (QED) is 0.391. The van der Waals surface area contributed by atoms with Crippen molar-refractivity contribution in [3.8, 4) is 0 Å². The topological polar surface area (TPSA) is 104 Å². The molecule has 0 heterocycles. The second-order valence-corrected chi connectivity index (χ2v) is 8.00. The Hall–Kier alpha value is -1.22. The fourth-order valence-electron chi connectivity index (χ4n) is 1.97. The van der Waals surface area contributed by atoms with Gasteiger partial charge in [0.2, 0.25) is 0 Å². The molecule has 1 rings (SSSR count). The smallest absolute Gasteiger partial charge is 0.270 e. The average molecular weight is 372 g/mol. The van der Waals surface area contributed by atoms with E-state index in [4.69, 9.17) is 18.0 Å². The summed E-state index contributed by atoms with van der Waals surface area (Å²) in [5.41, 5.74) is 10.6. The summed E-state index contributed by atoms with van der Waals surface area (Å²) in [6, 6.07) is -0.689. The van der Waals surface area contributed by atoms with Gasteiger partial charge in [0.05, 0.1) is 5.57 Å². The van der Waals surface area contributed by atoms with Crippen LogP contribution in [0.5, 0.6) is 0 Å². The molecule has 0 radical (unpaired) electrons. The van der Waals surface area contributed by atoms with Crippen molar-refractivity contribution in [3.05, 3.63) is 23.8 Å². The molecule has 2 unspecified atom stereocenters. The fraction of sp³-hybridized carbons (Fsp3) is 0.562. The highest BCUT2D eigenvalue weighted by atomic mass is 32.2. The molecular weight excluding hydrogens is 346 g/mol. The van der Waals surface area contributed by atoms with Gasteiger partial charge >= 0.3 is 0 Å². The monoisotopic (exact) mass is 371 g/mol. The van der Waals surface area contributed by atoms with Crippen LogP contribution >= 0.6 is 24.0 Å². The van der Waals surface area contributed by atoms with E-state index in [1.165, 1.54) is 0 Å². The van der Waals surface area contributed by atoms with Crippen molar-refractivity contribution >= 4 is 40.7 Å². The largest absolute Gasteiger partial charge is 0.382 e. The second-order valence-electron chi connectivity index (χ2n) is 5.88. The zero-order valence-electron chi connectivity index (χ0n) is 14.1. The van der Waals surface area contributed by atoms with E-state index in [1.807, 2.05) is 13.0 Å². The highest BCUT2D eigenvalue weighted by Gasteiger charge is 2.25. The molecule has 0 aromatic heterocycles. The molecule has 0 saturated heterocycles. The number of thiocarbonyl (C=S) groups is 1. The van der Waals surface area contributed by atoms with E-state index in [9.17, 15) is 14.7 Å². The average Bonchev–Trinajstić information content (AvgIpc) is 2.53. The van der Waals surface area contributed by atoms with Crippen molar-refractivity contribution in [2.24, 2.45) is 11.7 Å². The fourth-order valence-corrected chi connectivity index (χ4v) is 3.09. The Bertz CT molecular complexity index is 547.